The van der Waals surface area contributed by atoms with Gasteiger partial charge in [-0.2, -0.15) is 0 Å². The molecule has 66 valence electrons. The lowest BCUT2D eigenvalue weighted by Gasteiger charge is -2.08. The summed E-state index contributed by atoms with van der Waals surface area (Å²) in [7, 11) is 0. The summed E-state index contributed by atoms with van der Waals surface area (Å²) < 4.78 is 11.0. The van der Waals surface area contributed by atoms with Crippen LogP contribution in [0.15, 0.2) is 22.8 Å². The van der Waals surface area contributed by atoms with Gasteiger partial charge in [-0.15, -0.1) is 0 Å². The molecule has 1 saturated heterocycles. The molecule has 0 aliphatic carbocycles. The molecule has 1 fully saturated rings. The summed E-state index contributed by atoms with van der Waals surface area (Å²) in [6.07, 6.45) is 4.43. The minimum atomic E-state index is 0.183. The van der Waals surface area contributed by atoms with Crippen molar-refractivity contribution in [1.82, 2.24) is 0 Å². The predicted molar refractivity (Wildman–Crippen MR) is 49.4 cm³/mol. The summed E-state index contributed by atoms with van der Waals surface area (Å²) in [5.74, 6) is 0.957. The van der Waals surface area contributed by atoms with Crippen molar-refractivity contribution in [2.24, 2.45) is 0 Å². The van der Waals surface area contributed by atoms with Crippen LogP contribution in [0.1, 0.15) is 24.7 Å². The Labute approximate surface area is 80.0 Å². The van der Waals surface area contributed by atoms with Crippen molar-refractivity contribution in [3.63, 3.8) is 0 Å². The zero-order valence-electron chi connectivity index (χ0n) is 6.70. The second-order valence-electron chi connectivity index (χ2n) is 2.99. The van der Waals surface area contributed by atoms with E-state index in [0.29, 0.717) is 6.10 Å². The van der Waals surface area contributed by atoms with Crippen molar-refractivity contribution in [2.75, 3.05) is 5.33 Å². The van der Waals surface area contributed by atoms with Gasteiger partial charge in [0.05, 0.1) is 12.4 Å². The summed E-state index contributed by atoms with van der Waals surface area (Å²) in [4.78, 5) is 0. The van der Waals surface area contributed by atoms with Gasteiger partial charge < -0.3 is 9.15 Å². The van der Waals surface area contributed by atoms with Crippen LogP contribution < -0.4 is 0 Å². The number of hydrogen-bond acceptors (Lipinski definition) is 2. The number of furan rings is 1. The quantitative estimate of drug-likeness (QED) is 0.730. The molecule has 2 nitrogen and oxygen atoms in total. The zero-order valence-corrected chi connectivity index (χ0v) is 8.29. The number of alkyl halides is 1. The van der Waals surface area contributed by atoms with E-state index in [1.807, 2.05) is 12.1 Å². The van der Waals surface area contributed by atoms with E-state index >= 15 is 0 Å². The van der Waals surface area contributed by atoms with E-state index in [2.05, 4.69) is 15.9 Å². The largest absolute Gasteiger partial charge is 0.467 e. The summed E-state index contributed by atoms with van der Waals surface area (Å²) >= 11 is 3.41. The summed E-state index contributed by atoms with van der Waals surface area (Å²) in [5, 5.41) is 0.921. The summed E-state index contributed by atoms with van der Waals surface area (Å²) in [5.41, 5.74) is 0. The van der Waals surface area contributed by atoms with Crippen molar-refractivity contribution in [1.29, 1.82) is 0 Å². The van der Waals surface area contributed by atoms with Crippen LogP contribution in [0.5, 0.6) is 0 Å². The van der Waals surface area contributed by atoms with Gasteiger partial charge in [0.1, 0.15) is 11.9 Å². The molecular weight excluding hydrogens is 220 g/mol. The minimum Gasteiger partial charge on any atom is -0.467 e. The van der Waals surface area contributed by atoms with E-state index in [-0.39, 0.29) is 6.10 Å². The van der Waals surface area contributed by atoms with Crippen LogP contribution in [-0.4, -0.2) is 11.4 Å². The van der Waals surface area contributed by atoms with E-state index in [1.54, 1.807) is 6.26 Å². The molecule has 1 aromatic heterocycles. The van der Waals surface area contributed by atoms with Gasteiger partial charge in [0.15, 0.2) is 0 Å². The molecule has 0 bridgehead atoms. The first-order valence-corrected chi connectivity index (χ1v) is 5.27. The first kappa shape index (κ1) is 8.32. The van der Waals surface area contributed by atoms with Gasteiger partial charge in [0.2, 0.25) is 0 Å². The molecule has 0 N–H and O–H groups in total. The lowest BCUT2D eigenvalue weighted by molar-refractivity contribution is 0.0454. The maximum absolute atomic E-state index is 5.71. The van der Waals surface area contributed by atoms with Crippen LogP contribution in [0.25, 0.3) is 0 Å². The van der Waals surface area contributed by atoms with Crippen LogP contribution in [0, 0.1) is 0 Å². The van der Waals surface area contributed by atoms with Crippen molar-refractivity contribution >= 4 is 15.9 Å². The molecular formula is C9H11BrO2. The fraction of sp³-hybridized carbons (Fsp3) is 0.556. The molecule has 0 spiro atoms. The third kappa shape index (κ3) is 1.57. The van der Waals surface area contributed by atoms with Gasteiger partial charge in [0.25, 0.3) is 0 Å². The van der Waals surface area contributed by atoms with Crippen molar-refractivity contribution in [3.05, 3.63) is 24.2 Å². The van der Waals surface area contributed by atoms with E-state index < -0.39 is 0 Å². The topological polar surface area (TPSA) is 22.4 Å². The molecule has 1 aliphatic rings. The van der Waals surface area contributed by atoms with E-state index in [1.165, 1.54) is 0 Å². The molecule has 0 radical (unpaired) electrons. The molecule has 0 amide bonds. The highest BCUT2D eigenvalue weighted by atomic mass is 79.9. The second kappa shape index (κ2) is 3.62. The Morgan fingerprint density at radius 2 is 2.42 bits per heavy atom. The van der Waals surface area contributed by atoms with Crippen molar-refractivity contribution in [3.8, 4) is 0 Å². The third-order valence-corrected chi connectivity index (χ3v) is 2.86. The van der Waals surface area contributed by atoms with Crippen LogP contribution in [0.2, 0.25) is 0 Å². The fourth-order valence-corrected chi connectivity index (χ4v) is 1.98. The fourth-order valence-electron chi connectivity index (χ4n) is 1.50. The number of ether oxygens (including phenoxy) is 1. The van der Waals surface area contributed by atoms with E-state index in [9.17, 15) is 0 Å². The Balaban J connectivity index is 2.00. The summed E-state index contributed by atoms with van der Waals surface area (Å²) in [6.45, 7) is 0. The molecule has 1 aliphatic heterocycles. The first-order valence-electron chi connectivity index (χ1n) is 4.15. The maximum atomic E-state index is 5.71. The standard InChI is InChI=1S/C9H11BrO2/c10-6-7-3-4-9(12-7)8-2-1-5-11-8/h1-2,5,7,9H,3-4,6H2. The number of rotatable bonds is 2. The van der Waals surface area contributed by atoms with E-state index in [4.69, 9.17) is 9.15 Å². The van der Waals surface area contributed by atoms with Gasteiger partial charge in [-0.3, -0.25) is 0 Å². The van der Waals surface area contributed by atoms with Crippen LogP contribution in [0.4, 0.5) is 0 Å². The number of halogens is 1. The SMILES string of the molecule is BrCC1CCC(c2ccco2)O1. The van der Waals surface area contributed by atoms with Crippen LogP contribution >= 0.6 is 15.9 Å². The lowest BCUT2D eigenvalue weighted by atomic mass is 10.2. The van der Waals surface area contributed by atoms with Gasteiger partial charge in [-0.1, -0.05) is 15.9 Å². The predicted octanol–water partition coefficient (Wildman–Crippen LogP) is 2.89. The monoisotopic (exact) mass is 230 g/mol. The average molecular weight is 231 g/mol. The highest BCUT2D eigenvalue weighted by Crippen LogP contribution is 2.33. The highest BCUT2D eigenvalue weighted by Gasteiger charge is 2.27. The minimum absolute atomic E-state index is 0.183. The van der Waals surface area contributed by atoms with Gasteiger partial charge in [0, 0.05) is 5.33 Å². The van der Waals surface area contributed by atoms with Gasteiger partial charge >= 0.3 is 0 Å². The smallest absolute Gasteiger partial charge is 0.132 e. The third-order valence-electron chi connectivity index (χ3n) is 2.14. The molecule has 0 saturated carbocycles. The van der Waals surface area contributed by atoms with Gasteiger partial charge in [-0.05, 0) is 25.0 Å². The molecule has 2 atom stereocenters. The Kier molecular flexibility index (Phi) is 2.51. The molecule has 2 heterocycles. The Morgan fingerprint density at radius 1 is 1.50 bits per heavy atom. The second-order valence-corrected chi connectivity index (χ2v) is 3.64. The first-order chi connectivity index (χ1) is 5.90. The summed E-state index contributed by atoms with van der Waals surface area (Å²) in [6, 6.07) is 3.88. The average Bonchev–Trinajstić information content (AvgIpc) is 2.75. The molecule has 1 aromatic rings. The normalized spacial score (nSPS) is 29.4. The molecule has 12 heavy (non-hydrogen) atoms. The lowest BCUT2D eigenvalue weighted by Crippen LogP contribution is -2.06. The molecule has 3 heteroatoms. The highest BCUT2D eigenvalue weighted by molar-refractivity contribution is 9.09. The Bertz CT molecular complexity index is 233. The van der Waals surface area contributed by atoms with Crippen molar-refractivity contribution in [2.45, 2.75) is 25.0 Å². The number of hydrogen-bond donors (Lipinski definition) is 0. The maximum Gasteiger partial charge on any atom is 0.132 e. The Morgan fingerprint density at radius 3 is 3.00 bits per heavy atom. The van der Waals surface area contributed by atoms with Gasteiger partial charge in [-0.25, -0.2) is 0 Å². The van der Waals surface area contributed by atoms with Crippen molar-refractivity contribution < 1.29 is 9.15 Å². The van der Waals surface area contributed by atoms with E-state index in [0.717, 1.165) is 23.9 Å². The zero-order chi connectivity index (χ0) is 8.39. The molecule has 0 aromatic carbocycles. The molecule has 2 unspecified atom stereocenters. The van der Waals surface area contributed by atoms with Crippen LogP contribution in [-0.2, 0) is 4.74 Å². The Hall–Kier alpha value is -0.280. The molecule has 2 rings (SSSR count). The van der Waals surface area contributed by atoms with Crippen LogP contribution in [0.3, 0.4) is 0 Å².